The van der Waals surface area contributed by atoms with Crippen molar-refractivity contribution in [3.63, 3.8) is 0 Å². The van der Waals surface area contributed by atoms with Crippen molar-refractivity contribution in [2.45, 2.75) is 11.4 Å². The van der Waals surface area contributed by atoms with Crippen molar-refractivity contribution < 1.29 is 22.8 Å². The molecular formula is C23H22N4O5S. The van der Waals surface area contributed by atoms with Gasteiger partial charge in [0, 0.05) is 23.4 Å². The van der Waals surface area contributed by atoms with Crippen molar-refractivity contribution in [2.75, 3.05) is 11.3 Å². The van der Waals surface area contributed by atoms with Gasteiger partial charge >= 0.3 is 0 Å². The zero-order valence-electron chi connectivity index (χ0n) is 17.4. The first-order chi connectivity index (χ1) is 15.7. The highest BCUT2D eigenvalue weighted by molar-refractivity contribution is 7.92. The summed E-state index contributed by atoms with van der Waals surface area (Å²) >= 11 is 0. The van der Waals surface area contributed by atoms with E-state index >= 15 is 0 Å². The highest BCUT2D eigenvalue weighted by Gasteiger charge is 2.14. The molecule has 0 saturated carbocycles. The van der Waals surface area contributed by atoms with Crippen LogP contribution in [0, 0.1) is 0 Å². The number of hydrogen-bond acceptors (Lipinski definition) is 5. The largest absolute Gasteiger partial charge is 0.368 e. The Morgan fingerprint density at radius 3 is 1.85 bits per heavy atom. The molecule has 0 radical (unpaired) electrons. The second kappa shape index (κ2) is 10.4. The van der Waals surface area contributed by atoms with E-state index in [4.69, 9.17) is 5.73 Å². The minimum Gasteiger partial charge on any atom is -0.368 e. The summed E-state index contributed by atoms with van der Waals surface area (Å²) in [5.74, 6) is -1.40. The van der Waals surface area contributed by atoms with Crippen LogP contribution in [-0.4, -0.2) is 32.7 Å². The van der Waals surface area contributed by atoms with E-state index in [0.717, 1.165) is 5.56 Å². The van der Waals surface area contributed by atoms with Gasteiger partial charge in [0.25, 0.3) is 21.8 Å². The van der Waals surface area contributed by atoms with E-state index in [-0.39, 0.29) is 23.9 Å². The highest BCUT2D eigenvalue weighted by atomic mass is 32.2. The molecule has 3 amide bonds. The molecule has 0 aliphatic heterocycles. The molecule has 0 aliphatic rings. The fourth-order valence-corrected chi connectivity index (χ4v) is 3.91. The first-order valence-corrected chi connectivity index (χ1v) is 11.3. The van der Waals surface area contributed by atoms with Gasteiger partial charge in [-0.05, 0) is 54.1 Å². The van der Waals surface area contributed by atoms with E-state index in [0.29, 0.717) is 16.8 Å². The minimum absolute atomic E-state index is 0.142. The van der Waals surface area contributed by atoms with Crippen molar-refractivity contribution in [2.24, 2.45) is 5.73 Å². The lowest BCUT2D eigenvalue weighted by Crippen LogP contribution is -2.33. The zero-order chi connectivity index (χ0) is 23.8. The Morgan fingerprint density at radius 1 is 0.727 bits per heavy atom. The van der Waals surface area contributed by atoms with E-state index in [1.807, 2.05) is 0 Å². The number of sulfonamides is 1. The Morgan fingerprint density at radius 2 is 1.27 bits per heavy atom. The Hall–Kier alpha value is -4.18. The fraction of sp³-hybridized carbons (Fsp3) is 0.0870. The molecule has 0 fully saturated rings. The molecule has 0 bridgehead atoms. The van der Waals surface area contributed by atoms with Crippen molar-refractivity contribution in [1.82, 2.24) is 10.6 Å². The lowest BCUT2D eigenvalue weighted by molar-refractivity contribution is -0.117. The molecule has 170 valence electrons. The molecule has 9 nitrogen and oxygen atoms in total. The Balaban J connectivity index is 1.54. The monoisotopic (exact) mass is 466 g/mol. The molecule has 0 aromatic heterocycles. The summed E-state index contributed by atoms with van der Waals surface area (Å²) in [5, 5.41) is 5.15. The summed E-state index contributed by atoms with van der Waals surface area (Å²) < 4.78 is 27.2. The maximum Gasteiger partial charge on any atom is 0.261 e. The molecule has 33 heavy (non-hydrogen) atoms. The van der Waals surface area contributed by atoms with Crippen LogP contribution in [-0.2, 0) is 21.4 Å². The molecule has 10 heteroatoms. The predicted octanol–water partition coefficient (Wildman–Crippen LogP) is 1.63. The lowest BCUT2D eigenvalue weighted by Gasteiger charge is -2.10. The number of anilines is 1. The highest BCUT2D eigenvalue weighted by Crippen LogP contribution is 2.16. The Bertz CT molecular complexity index is 1240. The molecule has 0 unspecified atom stereocenters. The molecular weight excluding hydrogens is 444 g/mol. The van der Waals surface area contributed by atoms with Gasteiger partial charge < -0.3 is 16.4 Å². The van der Waals surface area contributed by atoms with Crippen LogP contribution in [0.5, 0.6) is 0 Å². The van der Waals surface area contributed by atoms with Gasteiger partial charge in [-0.15, -0.1) is 0 Å². The second-order valence-electron chi connectivity index (χ2n) is 7.02. The summed E-state index contributed by atoms with van der Waals surface area (Å²) in [6, 6.07) is 20.5. The molecule has 0 spiro atoms. The molecule has 0 aliphatic carbocycles. The Labute approximate surface area is 191 Å². The van der Waals surface area contributed by atoms with E-state index < -0.39 is 21.8 Å². The summed E-state index contributed by atoms with van der Waals surface area (Å²) in [6.07, 6.45) is 0. The number of amides is 3. The smallest absolute Gasteiger partial charge is 0.261 e. The molecule has 0 heterocycles. The Kier molecular flexibility index (Phi) is 7.42. The van der Waals surface area contributed by atoms with Gasteiger partial charge in [0.2, 0.25) is 5.91 Å². The van der Waals surface area contributed by atoms with Gasteiger partial charge in [0.15, 0.2) is 0 Å². The third-order valence-electron chi connectivity index (χ3n) is 4.55. The van der Waals surface area contributed by atoms with Crippen LogP contribution in [0.1, 0.15) is 26.3 Å². The van der Waals surface area contributed by atoms with Crippen LogP contribution in [0.25, 0.3) is 0 Å². The predicted molar refractivity (Wildman–Crippen MR) is 123 cm³/mol. The SMILES string of the molecule is NC(=O)CNC(=O)c1ccc(CNC(=O)c2ccc(NS(=O)(=O)c3ccccc3)cc2)cc1. The molecule has 0 atom stereocenters. The summed E-state index contributed by atoms with van der Waals surface area (Å²) in [7, 11) is -3.71. The van der Waals surface area contributed by atoms with Crippen LogP contribution in [0.3, 0.4) is 0 Å². The molecule has 3 rings (SSSR count). The van der Waals surface area contributed by atoms with Crippen molar-refractivity contribution >= 4 is 33.4 Å². The lowest BCUT2D eigenvalue weighted by atomic mass is 10.1. The first kappa shape index (κ1) is 23.5. The zero-order valence-corrected chi connectivity index (χ0v) is 18.3. The van der Waals surface area contributed by atoms with Crippen molar-refractivity contribution in [3.8, 4) is 0 Å². The normalized spacial score (nSPS) is 10.8. The molecule has 3 aromatic carbocycles. The minimum atomic E-state index is -3.71. The van der Waals surface area contributed by atoms with E-state index in [1.54, 1.807) is 42.5 Å². The van der Waals surface area contributed by atoms with Crippen LogP contribution in [0.4, 0.5) is 5.69 Å². The number of nitrogens with one attached hydrogen (secondary N) is 3. The van der Waals surface area contributed by atoms with Gasteiger partial charge in [0.05, 0.1) is 11.4 Å². The quantitative estimate of drug-likeness (QED) is 0.378. The molecule has 5 N–H and O–H groups in total. The van der Waals surface area contributed by atoms with Crippen LogP contribution >= 0.6 is 0 Å². The fourth-order valence-electron chi connectivity index (χ4n) is 2.83. The number of carbonyl (C=O) groups excluding carboxylic acids is 3. The van der Waals surface area contributed by atoms with Crippen LogP contribution < -0.4 is 21.1 Å². The number of primary amides is 1. The average molecular weight is 467 g/mol. The molecule has 0 saturated heterocycles. The first-order valence-electron chi connectivity index (χ1n) is 9.86. The van der Waals surface area contributed by atoms with Gasteiger partial charge in [0.1, 0.15) is 0 Å². The number of benzene rings is 3. The summed E-state index contributed by atoms with van der Waals surface area (Å²) in [6.45, 7) is -0.0203. The van der Waals surface area contributed by atoms with Gasteiger partial charge in [-0.3, -0.25) is 19.1 Å². The van der Waals surface area contributed by atoms with E-state index in [9.17, 15) is 22.8 Å². The summed E-state index contributed by atoms with van der Waals surface area (Å²) in [5.41, 5.74) is 6.82. The standard InChI is InChI=1S/C23H22N4O5S/c24-21(28)15-26-23(30)17-8-6-16(7-9-17)14-25-22(29)18-10-12-19(13-11-18)27-33(31,32)20-4-2-1-3-5-20/h1-13,27H,14-15H2,(H2,24,28)(H,25,29)(H,26,30). The third-order valence-corrected chi connectivity index (χ3v) is 5.94. The summed E-state index contributed by atoms with van der Waals surface area (Å²) in [4.78, 5) is 35.2. The van der Waals surface area contributed by atoms with Crippen molar-refractivity contribution in [3.05, 3.63) is 95.6 Å². The van der Waals surface area contributed by atoms with E-state index in [1.165, 1.54) is 36.4 Å². The van der Waals surface area contributed by atoms with Crippen LogP contribution in [0.2, 0.25) is 0 Å². The van der Waals surface area contributed by atoms with Gasteiger partial charge in [-0.1, -0.05) is 30.3 Å². The average Bonchev–Trinajstić information content (AvgIpc) is 2.82. The number of nitrogens with two attached hydrogens (primary N) is 1. The number of hydrogen-bond donors (Lipinski definition) is 4. The van der Waals surface area contributed by atoms with Crippen LogP contribution in [0.15, 0.2) is 83.8 Å². The maximum absolute atomic E-state index is 12.4. The number of carbonyl (C=O) groups is 3. The van der Waals surface area contributed by atoms with E-state index in [2.05, 4.69) is 15.4 Å². The topological polar surface area (TPSA) is 147 Å². The second-order valence-corrected chi connectivity index (χ2v) is 8.71. The number of rotatable bonds is 9. The van der Waals surface area contributed by atoms with Crippen molar-refractivity contribution in [1.29, 1.82) is 0 Å². The van der Waals surface area contributed by atoms with Gasteiger partial charge in [-0.25, -0.2) is 8.42 Å². The third kappa shape index (κ3) is 6.65. The maximum atomic E-state index is 12.4. The van der Waals surface area contributed by atoms with Gasteiger partial charge in [-0.2, -0.15) is 0 Å². The molecule has 3 aromatic rings.